The van der Waals surface area contributed by atoms with Crippen molar-refractivity contribution in [2.45, 2.75) is 4.87 Å². The largest absolute Gasteiger partial charge is 0.479 e. The first-order chi connectivity index (χ1) is 8.94. The van der Waals surface area contributed by atoms with Gasteiger partial charge in [-0.3, -0.25) is 0 Å². The van der Waals surface area contributed by atoms with Gasteiger partial charge in [-0.15, -0.1) is 12.6 Å². The number of halogens is 1. The van der Waals surface area contributed by atoms with Crippen molar-refractivity contribution in [3.05, 3.63) is 28.1 Å². The maximum atomic E-state index is 11.1. The minimum atomic E-state index is -1.88. The third kappa shape index (κ3) is 2.79. The molecule has 0 radical (unpaired) electrons. The minimum absolute atomic E-state index is 0.0849. The van der Waals surface area contributed by atoms with Gasteiger partial charge in [0.1, 0.15) is 12.1 Å². The lowest BCUT2D eigenvalue weighted by atomic mass is 10.3. The molecular weight excluding hydrogens is 294 g/mol. The van der Waals surface area contributed by atoms with E-state index in [2.05, 4.69) is 28.1 Å². The Hall–Kier alpha value is -1.80. The average Bonchev–Trinajstić information content (AvgIpc) is 2.70. The molecule has 1 heterocycles. The molecule has 0 unspecified atom stereocenters. The summed E-state index contributed by atoms with van der Waals surface area (Å²) in [5, 5.41) is 14.4. The number of aliphatic carboxylic acids is 1. The van der Waals surface area contributed by atoms with Crippen LogP contribution in [0.5, 0.6) is 0 Å². The van der Waals surface area contributed by atoms with E-state index in [0.717, 1.165) is 0 Å². The maximum Gasteiger partial charge on any atom is 0.342 e. The molecule has 0 saturated carbocycles. The van der Waals surface area contributed by atoms with Gasteiger partial charge >= 0.3 is 5.97 Å². The molecule has 0 aliphatic heterocycles. The summed E-state index contributed by atoms with van der Waals surface area (Å²) >= 11 is 9.66. The van der Waals surface area contributed by atoms with Crippen LogP contribution in [0, 0.1) is 4.91 Å². The number of carbonyl (C=O) groups is 1. The number of carboxylic acids is 1. The van der Waals surface area contributed by atoms with Crippen molar-refractivity contribution in [3.63, 3.8) is 0 Å². The molecular formula is C10H8ClN3O4S. The lowest BCUT2D eigenvalue weighted by molar-refractivity contribution is -0.138. The van der Waals surface area contributed by atoms with E-state index in [0.29, 0.717) is 16.1 Å². The van der Waals surface area contributed by atoms with Gasteiger partial charge in [-0.25, -0.2) is 4.79 Å². The van der Waals surface area contributed by atoms with Gasteiger partial charge in [-0.2, -0.15) is 9.89 Å². The second kappa shape index (κ2) is 5.06. The quantitative estimate of drug-likeness (QED) is 0.445. The van der Waals surface area contributed by atoms with Gasteiger partial charge in [0, 0.05) is 11.1 Å². The molecule has 7 nitrogen and oxygen atoms in total. The highest BCUT2D eigenvalue weighted by atomic mass is 35.5. The van der Waals surface area contributed by atoms with Crippen LogP contribution in [0.15, 0.2) is 27.8 Å². The molecule has 0 aliphatic rings. The molecule has 1 aromatic heterocycles. The number of carboxylic acid groups (broad SMARTS) is 1. The van der Waals surface area contributed by atoms with Crippen molar-refractivity contribution in [3.8, 4) is 0 Å². The van der Waals surface area contributed by atoms with E-state index >= 15 is 0 Å². The summed E-state index contributed by atoms with van der Waals surface area (Å²) < 4.78 is 5.28. The molecule has 0 fully saturated rings. The zero-order valence-electron chi connectivity index (χ0n) is 9.33. The minimum Gasteiger partial charge on any atom is -0.479 e. The van der Waals surface area contributed by atoms with E-state index in [1.54, 1.807) is 12.1 Å². The smallest absolute Gasteiger partial charge is 0.342 e. The van der Waals surface area contributed by atoms with E-state index in [9.17, 15) is 9.70 Å². The van der Waals surface area contributed by atoms with Crippen LogP contribution >= 0.6 is 24.2 Å². The molecule has 1 aromatic carbocycles. The van der Waals surface area contributed by atoms with Crippen LogP contribution < -0.4 is 5.32 Å². The molecule has 0 bridgehead atoms. The average molecular weight is 302 g/mol. The summed E-state index contributed by atoms with van der Waals surface area (Å²) in [5.41, 5.74) is 0.877. The summed E-state index contributed by atoms with van der Waals surface area (Å²) in [4.78, 5) is 23.4. The predicted molar refractivity (Wildman–Crippen MR) is 72.7 cm³/mol. The number of hydrogen-bond acceptors (Lipinski definition) is 7. The summed E-state index contributed by atoms with van der Waals surface area (Å²) in [6.07, 6.45) is 0. The monoisotopic (exact) mass is 301 g/mol. The van der Waals surface area contributed by atoms with Crippen molar-refractivity contribution in [1.29, 1.82) is 0 Å². The SMILES string of the molecule is O=NC[C@](S)(Nc1nc2ccc(Cl)cc2o1)C(=O)O. The summed E-state index contributed by atoms with van der Waals surface area (Å²) in [5.74, 6) is -1.37. The van der Waals surface area contributed by atoms with Crippen LogP contribution in [0.2, 0.25) is 5.02 Å². The second-order valence-electron chi connectivity index (χ2n) is 3.71. The number of benzene rings is 1. The number of hydrogen-bond donors (Lipinski definition) is 3. The Morgan fingerprint density at radius 3 is 3.00 bits per heavy atom. The molecule has 19 heavy (non-hydrogen) atoms. The molecule has 0 spiro atoms. The highest BCUT2D eigenvalue weighted by Crippen LogP contribution is 2.26. The topological polar surface area (TPSA) is 105 Å². The zero-order chi connectivity index (χ0) is 14.0. The fourth-order valence-corrected chi connectivity index (χ4v) is 1.70. The molecule has 0 aliphatic carbocycles. The Bertz CT molecular complexity index is 647. The molecule has 2 rings (SSSR count). The number of nitrogens with one attached hydrogen (secondary N) is 1. The number of thiol groups is 1. The molecule has 0 saturated heterocycles. The van der Waals surface area contributed by atoms with Crippen LogP contribution in [-0.2, 0) is 4.79 Å². The third-order valence-corrected chi connectivity index (χ3v) is 2.99. The summed E-state index contributed by atoms with van der Waals surface area (Å²) in [6, 6.07) is 4.69. The standard InChI is InChI=1S/C10H8ClN3O4S/c11-5-1-2-6-7(3-5)18-9(13-6)14-10(19,4-12-17)8(15)16/h1-3,19H,4H2,(H,13,14)(H,15,16)/t10-/m1/s1. The van der Waals surface area contributed by atoms with Crippen molar-refractivity contribution < 1.29 is 14.3 Å². The van der Waals surface area contributed by atoms with E-state index in [-0.39, 0.29) is 6.01 Å². The number of rotatable bonds is 5. The van der Waals surface area contributed by atoms with Crippen LogP contribution in [0.4, 0.5) is 6.01 Å². The highest BCUT2D eigenvalue weighted by Gasteiger charge is 2.36. The molecule has 1 atom stereocenters. The molecule has 2 aromatic rings. The van der Waals surface area contributed by atoms with E-state index in [1.165, 1.54) is 6.07 Å². The molecule has 9 heteroatoms. The zero-order valence-corrected chi connectivity index (χ0v) is 11.0. The fourth-order valence-electron chi connectivity index (χ4n) is 1.38. The van der Waals surface area contributed by atoms with Crippen LogP contribution in [-0.4, -0.2) is 27.5 Å². The van der Waals surface area contributed by atoms with Gasteiger partial charge in [0.2, 0.25) is 4.87 Å². The van der Waals surface area contributed by atoms with Crippen LogP contribution in [0.3, 0.4) is 0 Å². The van der Waals surface area contributed by atoms with Gasteiger partial charge in [0.15, 0.2) is 5.58 Å². The van der Waals surface area contributed by atoms with Crippen molar-refractivity contribution in [2.24, 2.45) is 5.18 Å². The van der Waals surface area contributed by atoms with Crippen molar-refractivity contribution in [1.82, 2.24) is 4.98 Å². The van der Waals surface area contributed by atoms with E-state index < -0.39 is 17.4 Å². The number of nitrogens with zero attached hydrogens (tertiary/aromatic N) is 2. The van der Waals surface area contributed by atoms with Gasteiger partial charge in [0.25, 0.3) is 6.01 Å². The summed E-state index contributed by atoms with van der Waals surface area (Å²) in [6.45, 7) is -0.592. The maximum absolute atomic E-state index is 11.1. The Kier molecular flexibility index (Phi) is 3.63. The van der Waals surface area contributed by atoms with E-state index in [1.807, 2.05) is 0 Å². The van der Waals surface area contributed by atoms with Crippen LogP contribution in [0.1, 0.15) is 0 Å². The summed E-state index contributed by atoms with van der Waals surface area (Å²) in [7, 11) is 0. The molecule has 100 valence electrons. The van der Waals surface area contributed by atoms with Gasteiger partial charge < -0.3 is 14.8 Å². The third-order valence-electron chi connectivity index (χ3n) is 2.31. The predicted octanol–water partition coefficient (Wildman–Crippen LogP) is 2.37. The number of anilines is 1. The second-order valence-corrected chi connectivity index (χ2v) is 4.91. The Labute approximate surface area is 117 Å². The molecule has 0 amide bonds. The Morgan fingerprint density at radius 2 is 2.37 bits per heavy atom. The van der Waals surface area contributed by atoms with Gasteiger partial charge in [-0.1, -0.05) is 16.8 Å². The number of oxazole rings is 1. The van der Waals surface area contributed by atoms with Crippen LogP contribution in [0.25, 0.3) is 11.1 Å². The van der Waals surface area contributed by atoms with E-state index in [4.69, 9.17) is 21.1 Å². The lowest BCUT2D eigenvalue weighted by Crippen LogP contribution is -2.43. The molecule has 2 N–H and O–H groups in total. The lowest BCUT2D eigenvalue weighted by Gasteiger charge is -2.20. The highest BCUT2D eigenvalue weighted by molar-refractivity contribution is 7.82. The fraction of sp³-hybridized carbons (Fsp3) is 0.200. The van der Waals surface area contributed by atoms with Crippen molar-refractivity contribution in [2.75, 3.05) is 11.9 Å². The Morgan fingerprint density at radius 1 is 1.63 bits per heavy atom. The van der Waals surface area contributed by atoms with Crippen molar-refractivity contribution >= 4 is 47.3 Å². The number of fused-ring (bicyclic) bond motifs is 1. The normalized spacial score (nSPS) is 14.0. The first-order valence-electron chi connectivity index (χ1n) is 5.04. The number of aromatic nitrogens is 1. The van der Waals surface area contributed by atoms with Gasteiger partial charge in [-0.05, 0) is 12.1 Å². The number of nitroso groups, excluding NO2 is 1. The first-order valence-corrected chi connectivity index (χ1v) is 5.86. The first kappa shape index (κ1) is 13.6. The Balaban J connectivity index is 2.34. The van der Waals surface area contributed by atoms with Gasteiger partial charge in [0.05, 0.1) is 0 Å².